The first kappa shape index (κ1) is 15.3. The Morgan fingerprint density at radius 1 is 1.40 bits per heavy atom. The highest BCUT2D eigenvalue weighted by molar-refractivity contribution is 6.31. The van der Waals surface area contributed by atoms with Crippen molar-refractivity contribution in [2.75, 3.05) is 6.54 Å². The highest BCUT2D eigenvalue weighted by Crippen LogP contribution is 2.30. The van der Waals surface area contributed by atoms with Crippen LogP contribution < -0.4 is 0 Å². The molecule has 1 atom stereocenters. The van der Waals surface area contributed by atoms with E-state index in [4.69, 9.17) is 11.6 Å². The maximum atomic E-state index is 11.5. The van der Waals surface area contributed by atoms with Crippen LogP contribution in [-0.2, 0) is 6.54 Å². The van der Waals surface area contributed by atoms with Crippen molar-refractivity contribution in [2.24, 2.45) is 0 Å². The maximum absolute atomic E-state index is 11.5. The van der Waals surface area contributed by atoms with Crippen LogP contribution in [0.4, 0.5) is 0 Å². The third-order valence-corrected chi connectivity index (χ3v) is 4.32. The average molecular weight is 296 g/mol. The number of Topliss-reactive ketones (excluding diaryl/α,β-unsaturated/α-hetero) is 1. The third kappa shape index (κ3) is 3.53. The van der Waals surface area contributed by atoms with Crippen LogP contribution in [0, 0.1) is 0 Å². The highest BCUT2D eigenvalue weighted by atomic mass is 35.5. The minimum Gasteiger partial charge on any atom is -0.507 e. The predicted molar refractivity (Wildman–Crippen MR) is 81.5 cm³/mol. The number of aromatic hydroxyl groups is 1. The molecule has 4 heteroatoms. The molecule has 1 unspecified atom stereocenters. The van der Waals surface area contributed by atoms with Crippen molar-refractivity contribution in [3.63, 3.8) is 0 Å². The van der Waals surface area contributed by atoms with Crippen LogP contribution in [0.1, 0.15) is 55.5 Å². The Morgan fingerprint density at radius 2 is 2.15 bits per heavy atom. The van der Waals surface area contributed by atoms with Crippen molar-refractivity contribution in [2.45, 2.75) is 52.1 Å². The monoisotopic (exact) mass is 295 g/mol. The van der Waals surface area contributed by atoms with Gasteiger partial charge in [-0.05, 0) is 45.4 Å². The normalized spacial score (nSPS) is 20.6. The predicted octanol–water partition coefficient (Wildman–Crippen LogP) is 4.01. The molecule has 0 aromatic heterocycles. The first-order valence-electron chi connectivity index (χ1n) is 7.25. The van der Waals surface area contributed by atoms with Gasteiger partial charge in [0.2, 0.25) is 0 Å². The van der Waals surface area contributed by atoms with Crippen LogP contribution in [0.5, 0.6) is 5.75 Å². The van der Waals surface area contributed by atoms with E-state index in [-0.39, 0.29) is 11.5 Å². The number of carbonyl (C=O) groups is 1. The molecule has 1 aliphatic rings. The Labute approximate surface area is 125 Å². The van der Waals surface area contributed by atoms with Crippen molar-refractivity contribution >= 4 is 17.4 Å². The number of phenols is 1. The van der Waals surface area contributed by atoms with Crippen molar-refractivity contribution < 1.29 is 9.90 Å². The van der Waals surface area contributed by atoms with E-state index in [9.17, 15) is 9.90 Å². The lowest BCUT2D eigenvalue weighted by Crippen LogP contribution is -2.32. The lowest BCUT2D eigenvalue weighted by Gasteiger charge is -2.27. The molecule has 1 aromatic carbocycles. The smallest absolute Gasteiger partial charge is 0.163 e. The van der Waals surface area contributed by atoms with E-state index in [2.05, 4.69) is 11.8 Å². The number of benzene rings is 1. The molecule has 1 aromatic rings. The number of rotatable bonds is 3. The maximum Gasteiger partial charge on any atom is 0.163 e. The van der Waals surface area contributed by atoms with Crippen LogP contribution in [0.2, 0.25) is 5.02 Å². The van der Waals surface area contributed by atoms with Gasteiger partial charge in [-0.1, -0.05) is 24.4 Å². The fraction of sp³-hybridized carbons (Fsp3) is 0.562. The molecule has 1 heterocycles. The second kappa shape index (κ2) is 6.59. The number of carbonyl (C=O) groups excluding carboxylic acids is 1. The van der Waals surface area contributed by atoms with Gasteiger partial charge in [0.25, 0.3) is 0 Å². The molecule has 2 rings (SSSR count). The molecule has 0 amide bonds. The molecule has 1 saturated heterocycles. The number of ketones is 1. The molecule has 0 saturated carbocycles. The molecule has 3 nitrogen and oxygen atoms in total. The van der Waals surface area contributed by atoms with E-state index >= 15 is 0 Å². The van der Waals surface area contributed by atoms with Crippen LogP contribution in [0.15, 0.2) is 12.1 Å². The van der Waals surface area contributed by atoms with Gasteiger partial charge < -0.3 is 5.11 Å². The second-order valence-electron chi connectivity index (χ2n) is 5.69. The molecular weight excluding hydrogens is 274 g/mol. The fourth-order valence-corrected chi connectivity index (χ4v) is 3.07. The molecule has 110 valence electrons. The summed E-state index contributed by atoms with van der Waals surface area (Å²) >= 11 is 6.07. The molecule has 1 aliphatic heterocycles. The molecule has 0 bridgehead atoms. The zero-order chi connectivity index (χ0) is 14.7. The first-order valence-corrected chi connectivity index (χ1v) is 7.63. The standard InChI is InChI=1S/C16H22ClNO2/c1-11-6-4-3-5-7-18(11)10-13-8-14(17)9-15(12(2)19)16(13)20/h8-9,11,20H,3-7,10H2,1-2H3. The minimum absolute atomic E-state index is 0.0818. The summed E-state index contributed by atoms with van der Waals surface area (Å²) in [5.41, 5.74) is 1.06. The summed E-state index contributed by atoms with van der Waals surface area (Å²) in [6.45, 7) is 5.35. The van der Waals surface area contributed by atoms with Gasteiger partial charge in [0.05, 0.1) is 5.56 Å². The number of phenolic OH excluding ortho intramolecular Hbond substituents is 1. The van der Waals surface area contributed by atoms with E-state index in [1.165, 1.54) is 38.7 Å². The average Bonchev–Trinajstić information content (AvgIpc) is 2.58. The van der Waals surface area contributed by atoms with Crippen molar-refractivity contribution in [3.05, 3.63) is 28.3 Å². The van der Waals surface area contributed by atoms with E-state index in [0.717, 1.165) is 12.1 Å². The van der Waals surface area contributed by atoms with Gasteiger partial charge in [-0.2, -0.15) is 0 Å². The Bertz CT molecular complexity index is 501. The topological polar surface area (TPSA) is 40.5 Å². The highest BCUT2D eigenvalue weighted by Gasteiger charge is 2.20. The molecule has 1 fully saturated rings. The zero-order valence-electron chi connectivity index (χ0n) is 12.2. The van der Waals surface area contributed by atoms with Crippen LogP contribution >= 0.6 is 11.6 Å². The quantitative estimate of drug-likeness (QED) is 0.857. The van der Waals surface area contributed by atoms with Crippen molar-refractivity contribution in [1.29, 1.82) is 0 Å². The lowest BCUT2D eigenvalue weighted by atomic mass is 10.0. The SMILES string of the molecule is CC(=O)c1cc(Cl)cc(CN2CCCCCC2C)c1O. The van der Waals surface area contributed by atoms with Gasteiger partial charge in [-0.3, -0.25) is 9.69 Å². The van der Waals surface area contributed by atoms with Gasteiger partial charge in [0.15, 0.2) is 5.78 Å². The van der Waals surface area contributed by atoms with Crippen molar-refractivity contribution in [3.8, 4) is 5.75 Å². The molecule has 0 radical (unpaired) electrons. The molecule has 20 heavy (non-hydrogen) atoms. The van der Waals surface area contributed by atoms with E-state index < -0.39 is 0 Å². The molecular formula is C16H22ClNO2. The Kier molecular flexibility index (Phi) is 5.06. The third-order valence-electron chi connectivity index (χ3n) is 4.10. The molecule has 1 N–H and O–H groups in total. The van der Waals surface area contributed by atoms with Gasteiger partial charge in [0.1, 0.15) is 5.75 Å². The van der Waals surface area contributed by atoms with E-state index in [1.807, 2.05) is 0 Å². The number of hydrogen-bond donors (Lipinski definition) is 1. The summed E-state index contributed by atoms with van der Waals surface area (Å²) in [6, 6.07) is 3.80. The van der Waals surface area contributed by atoms with E-state index in [1.54, 1.807) is 6.07 Å². The zero-order valence-corrected chi connectivity index (χ0v) is 12.9. The number of hydrogen-bond acceptors (Lipinski definition) is 3. The summed E-state index contributed by atoms with van der Waals surface area (Å²) < 4.78 is 0. The largest absolute Gasteiger partial charge is 0.507 e. The van der Waals surface area contributed by atoms with E-state index in [0.29, 0.717) is 23.2 Å². The molecule has 0 aliphatic carbocycles. The summed E-state index contributed by atoms with van der Waals surface area (Å²) in [6.07, 6.45) is 4.89. The van der Waals surface area contributed by atoms with Crippen molar-refractivity contribution in [1.82, 2.24) is 4.90 Å². The Balaban J connectivity index is 2.26. The molecule has 0 spiro atoms. The second-order valence-corrected chi connectivity index (χ2v) is 6.12. The van der Waals surface area contributed by atoms with Crippen LogP contribution in [0.25, 0.3) is 0 Å². The summed E-state index contributed by atoms with van der Waals surface area (Å²) in [5.74, 6) is -0.0755. The minimum atomic E-state index is -0.157. The number of halogens is 1. The summed E-state index contributed by atoms with van der Waals surface area (Å²) in [7, 11) is 0. The Hall–Kier alpha value is -1.06. The van der Waals surface area contributed by atoms with Crippen LogP contribution in [0.3, 0.4) is 0 Å². The first-order chi connectivity index (χ1) is 9.49. The van der Waals surface area contributed by atoms with Gasteiger partial charge in [-0.15, -0.1) is 0 Å². The Morgan fingerprint density at radius 3 is 2.85 bits per heavy atom. The van der Waals surface area contributed by atoms with Gasteiger partial charge >= 0.3 is 0 Å². The lowest BCUT2D eigenvalue weighted by molar-refractivity contribution is 0.101. The van der Waals surface area contributed by atoms with Crippen LogP contribution in [-0.4, -0.2) is 28.4 Å². The fourth-order valence-electron chi connectivity index (χ4n) is 2.83. The number of likely N-dealkylation sites (tertiary alicyclic amines) is 1. The van der Waals surface area contributed by atoms with Gasteiger partial charge in [0, 0.05) is 23.2 Å². The van der Waals surface area contributed by atoms with Gasteiger partial charge in [-0.25, -0.2) is 0 Å². The summed E-state index contributed by atoms with van der Waals surface area (Å²) in [4.78, 5) is 13.9. The number of nitrogens with zero attached hydrogens (tertiary/aromatic N) is 1. The summed E-state index contributed by atoms with van der Waals surface area (Å²) in [5, 5.41) is 10.8.